The summed E-state index contributed by atoms with van der Waals surface area (Å²) in [5, 5.41) is 3.76. The lowest BCUT2D eigenvalue weighted by molar-refractivity contribution is 1.25. The van der Waals surface area contributed by atoms with Gasteiger partial charge in [-0.15, -0.1) is 0 Å². The standard InChI is InChI=1S/C8H5ClN4/c9-8-6-11-5-3-7(8)2-1-4-12-13-10/h3,5-6H,4H2. The lowest BCUT2D eigenvalue weighted by atomic mass is 10.3. The zero-order valence-corrected chi connectivity index (χ0v) is 7.36. The zero-order valence-electron chi connectivity index (χ0n) is 6.61. The van der Waals surface area contributed by atoms with Crippen LogP contribution in [0.3, 0.4) is 0 Å². The summed E-state index contributed by atoms with van der Waals surface area (Å²) >= 11 is 5.77. The molecule has 0 atom stereocenters. The third-order valence-corrected chi connectivity index (χ3v) is 1.51. The Balaban J connectivity index is 2.77. The molecule has 0 spiro atoms. The molecule has 1 heterocycles. The van der Waals surface area contributed by atoms with Crippen molar-refractivity contribution < 1.29 is 0 Å². The van der Waals surface area contributed by atoms with Crippen LogP contribution in [0, 0.1) is 11.8 Å². The van der Waals surface area contributed by atoms with Crippen LogP contribution in [0.15, 0.2) is 23.6 Å². The SMILES string of the molecule is [N-]=[N+]=NCC#Cc1ccncc1Cl. The highest BCUT2D eigenvalue weighted by Crippen LogP contribution is 2.10. The van der Waals surface area contributed by atoms with Crippen LogP contribution in [0.5, 0.6) is 0 Å². The Labute approximate surface area is 80.2 Å². The Kier molecular flexibility index (Phi) is 3.65. The van der Waals surface area contributed by atoms with E-state index in [2.05, 4.69) is 26.9 Å². The first kappa shape index (κ1) is 9.40. The minimum Gasteiger partial charge on any atom is -0.263 e. The van der Waals surface area contributed by atoms with Gasteiger partial charge in [-0.3, -0.25) is 4.98 Å². The maximum absolute atomic E-state index is 7.97. The minimum atomic E-state index is 0.148. The Morgan fingerprint density at radius 2 is 2.54 bits per heavy atom. The van der Waals surface area contributed by atoms with Gasteiger partial charge in [0.25, 0.3) is 0 Å². The molecule has 0 N–H and O–H groups in total. The second-order valence-electron chi connectivity index (χ2n) is 2.05. The fourth-order valence-corrected chi connectivity index (χ4v) is 0.845. The van der Waals surface area contributed by atoms with Crippen LogP contribution in [0.2, 0.25) is 5.02 Å². The second kappa shape index (κ2) is 5.04. The molecule has 4 nitrogen and oxygen atoms in total. The van der Waals surface area contributed by atoms with Crippen LogP contribution in [0.4, 0.5) is 0 Å². The first-order valence-corrected chi connectivity index (χ1v) is 3.81. The Morgan fingerprint density at radius 1 is 1.69 bits per heavy atom. The first-order valence-electron chi connectivity index (χ1n) is 3.44. The van der Waals surface area contributed by atoms with Gasteiger partial charge in [-0.25, -0.2) is 0 Å². The summed E-state index contributed by atoms with van der Waals surface area (Å²) in [6.07, 6.45) is 3.11. The van der Waals surface area contributed by atoms with E-state index >= 15 is 0 Å². The third kappa shape index (κ3) is 3.04. The first-order chi connectivity index (χ1) is 6.34. The molecule has 0 aliphatic heterocycles. The van der Waals surface area contributed by atoms with Crippen molar-refractivity contribution in [3.63, 3.8) is 0 Å². The van der Waals surface area contributed by atoms with Crippen molar-refractivity contribution in [3.8, 4) is 11.8 Å². The van der Waals surface area contributed by atoms with Crippen LogP contribution in [-0.2, 0) is 0 Å². The van der Waals surface area contributed by atoms with Gasteiger partial charge >= 0.3 is 0 Å². The molecule has 0 fully saturated rings. The van der Waals surface area contributed by atoms with Gasteiger partial charge in [-0.2, -0.15) is 0 Å². The van der Waals surface area contributed by atoms with Crippen LogP contribution in [-0.4, -0.2) is 11.5 Å². The van der Waals surface area contributed by atoms with Crippen molar-refractivity contribution in [2.24, 2.45) is 5.11 Å². The van der Waals surface area contributed by atoms with Crippen LogP contribution in [0.1, 0.15) is 5.56 Å². The smallest absolute Gasteiger partial charge is 0.0880 e. The molecular weight excluding hydrogens is 188 g/mol. The van der Waals surface area contributed by atoms with Crippen molar-refractivity contribution in [1.29, 1.82) is 0 Å². The molecule has 1 rings (SSSR count). The molecule has 1 aromatic rings. The molecule has 0 unspecified atom stereocenters. The van der Waals surface area contributed by atoms with E-state index in [9.17, 15) is 0 Å². The topological polar surface area (TPSA) is 61.7 Å². The highest BCUT2D eigenvalue weighted by atomic mass is 35.5. The summed E-state index contributed by atoms with van der Waals surface area (Å²) in [7, 11) is 0. The molecule has 13 heavy (non-hydrogen) atoms. The van der Waals surface area contributed by atoms with E-state index in [1.54, 1.807) is 12.3 Å². The second-order valence-corrected chi connectivity index (χ2v) is 2.45. The maximum Gasteiger partial charge on any atom is 0.0880 e. The van der Waals surface area contributed by atoms with E-state index in [0.717, 1.165) is 0 Å². The lowest BCUT2D eigenvalue weighted by Gasteiger charge is -1.90. The van der Waals surface area contributed by atoms with Crippen molar-refractivity contribution in [3.05, 3.63) is 39.5 Å². The monoisotopic (exact) mass is 192 g/mol. The summed E-state index contributed by atoms with van der Waals surface area (Å²) in [6.45, 7) is 0.148. The molecule has 0 bridgehead atoms. The van der Waals surface area contributed by atoms with E-state index in [0.29, 0.717) is 10.6 Å². The Hall–Kier alpha value is -1.69. The normalized spacial score (nSPS) is 8.08. The molecular formula is C8H5ClN4. The summed E-state index contributed by atoms with van der Waals surface area (Å²) in [5.41, 5.74) is 8.66. The van der Waals surface area contributed by atoms with Gasteiger partial charge in [0.05, 0.1) is 11.6 Å². The number of pyridine rings is 1. The molecule has 0 amide bonds. The third-order valence-electron chi connectivity index (χ3n) is 1.21. The number of halogens is 1. The summed E-state index contributed by atoms with van der Waals surface area (Å²) < 4.78 is 0. The van der Waals surface area contributed by atoms with Crippen LogP contribution < -0.4 is 0 Å². The summed E-state index contributed by atoms with van der Waals surface area (Å²) in [6, 6.07) is 1.70. The predicted molar refractivity (Wildman–Crippen MR) is 50.1 cm³/mol. The number of nitrogens with zero attached hydrogens (tertiary/aromatic N) is 4. The van der Waals surface area contributed by atoms with Crippen molar-refractivity contribution in [2.45, 2.75) is 0 Å². The van der Waals surface area contributed by atoms with Crippen LogP contribution >= 0.6 is 11.6 Å². The Morgan fingerprint density at radius 3 is 3.23 bits per heavy atom. The molecule has 0 aliphatic rings. The number of hydrogen-bond donors (Lipinski definition) is 0. The number of aromatic nitrogens is 1. The fourth-order valence-electron chi connectivity index (χ4n) is 0.678. The summed E-state index contributed by atoms with van der Waals surface area (Å²) in [5.74, 6) is 5.42. The van der Waals surface area contributed by atoms with Gasteiger partial charge in [-0.05, 0) is 11.6 Å². The van der Waals surface area contributed by atoms with E-state index in [4.69, 9.17) is 17.1 Å². The van der Waals surface area contributed by atoms with Gasteiger partial charge in [0, 0.05) is 22.9 Å². The molecule has 0 saturated carbocycles. The van der Waals surface area contributed by atoms with E-state index in [-0.39, 0.29) is 6.54 Å². The van der Waals surface area contributed by atoms with Gasteiger partial charge in [0.2, 0.25) is 0 Å². The van der Waals surface area contributed by atoms with Gasteiger partial charge in [0.1, 0.15) is 0 Å². The average molecular weight is 193 g/mol. The number of azide groups is 1. The molecule has 5 heteroatoms. The highest BCUT2D eigenvalue weighted by Gasteiger charge is 1.92. The minimum absolute atomic E-state index is 0.148. The van der Waals surface area contributed by atoms with E-state index in [1.807, 2.05) is 0 Å². The summed E-state index contributed by atoms with van der Waals surface area (Å²) in [4.78, 5) is 6.37. The molecule has 0 radical (unpaired) electrons. The largest absolute Gasteiger partial charge is 0.263 e. The highest BCUT2D eigenvalue weighted by molar-refractivity contribution is 6.31. The zero-order chi connectivity index (χ0) is 9.52. The maximum atomic E-state index is 7.97. The van der Waals surface area contributed by atoms with Crippen molar-refractivity contribution in [1.82, 2.24) is 4.98 Å². The molecule has 0 aromatic carbocycles. The van der Waals surface area contributed by atoms with Crippen LogP contribution in [0.25, 0.3) is 10.4 Å². The predicted octanol–water partition coefficient (Wildman–Crippen LogP) is 2.40. The molecule has 64 valence electrons. The van der Waals surface area contributed by atoms with Gasteiger partial charge in [0.15, 0.2) is 0 Å². The quantitative estimate of drug-likeness (QED) is 0.292. The number of rotatable bonds is 1. The van der Waals surface area contributed by atoms with Crippen molar-refractivity contribution in [2.75, 3.05) is 6.54 Å². The Bertz CT molecular complexity index is 398. The number of hydrogen-bond acceptors (Lipinski definition) is 2. The van der Waals surface area contributed by atoms with Gasteiger partial charge < -0.3 is 0 Å². The molecule has 0 aliphatic carbocycles. The average Bonchev–Trinajstić information content (AvgIpc) is 2.15. The van der Waals surface area contributed by atoms with Gasteiger partial charge in [-0.1, -0.05) is 28.6 Å². The van der Waals surface area contributed by atoms with Crippen molar-refractivity contribution >= 4 is 11.6 Å². The van der Waals surface area contributed by atoms with E-state index in [1.165, 1.54) is 6.20 Å². The fraction of sp³-hybridized carbons (Fsp3) is 0.125. The van der Waals surface area contributed by atoms with E-state index < -0.39 is 0 Å². The molecule has 1 aromatic heterocycles. The molecule has 0 saturated heterocycles. The lowest BCUT2D eigenvalue weighted by Crippen LogP contribution is -1.79.